The predicted octanol–water partition coefficient (Wildman–Crippen LogP) is 3.26. The molecule has 0 aromatic heterocycles. The quantitative estimate of drug-likeness (QED) is 0.388. The van der Waals surface area contributed by atoms with E-state index in [-0.39, 0.29) is 29.6 Å². The van der Waals surface area contributed by atoms with Gasteiger partial charge >= 0.3 is 0 Å². The highest BCUT2D eigenvalue weighted by atomic mass is 35.5. The van der Waals surface area contributed by atoms with E-state index in [4.69, 9.17) is 28.8 Å². The molecule has 6 N–H and O–H groups in total. The van der Waals surface area contributed by atoms with Crippen molar-refractivity contribution >= 4 is 34.6 Å². The lowest BCUT2D eigenvalue weighted by atomic mass is 10.0. The minimum Gasteiger partial charge on any atom is -0.398 e. The maximum atomic E-state index is 11.2. The van der Waals surface area contributed by atoms with Gasteiger partial charge in [0.1, 0.15) is 11.6 Å². The third kappa shape index (κ3) is 5.46. The molecule has 2 aromatic rings. The van der Waals surface area contributed by atoms with Crippen LogP contribution in [0.5, 0.6) is 0 Å². The molecule has 2 rings (SSSR count). The van der Waals surface area contributed by atoms with E-state index in [0.717, 1.165) is 11.1 Å². The Hall–Kier alpha value is -3.05. The van der Waals surface area contributed by atoms with Crippen LogP contribution in [0.1, 0.15) is 24.5 Å². The van der Waals surface area contributed by atoms with Crippen LogP contribution >= 0.6 is 11.6 Å². The fourth-order valence-electron chi connectivity index (χ4n) is 2.42. The summed E-state index contributed by atoms with van der Waals surface area (Å²) in [6, 6.07) is 18.6. The highest BCUT2D eigenvalue weighted by Crippen LogP contribution is 2.28. The number of ketones is 1. The molecule has 0 unspecified atom stereocenters. The smallest absolute Gasteiger partial charge is 0.131 e. The van der Waals surface area contributed by atoms with Crippen molar-refractivity contribution in [3.63, 3.8) is 0 Å². The fraction of sp³-hybridized carbons (Fsp3) is 0.143. The molecule has 5 nitrogen and oxygen atoms in total. The minimum absolute atomic E-state index is 0.0264. The van der Waals surface area contributed by atoms with Crippen LogP contribution in [-0.4, -0.2) is 18.2 Å². The Labute approximate surface area is 164 Å². The van der Waals surface area contributed by atoms with Gasteiger partial charge in [0, 0.05) is 13.0 Å². The number of carbonyl (C=O) groups excluding carboxylic acids is 1. The lowest BCUT2D eigenvalue weighted by Crippen LogP contribution is -2.21. The van der Waals surface area contributed by atoms with E-state index in [2.05, 4.69) is 4.99 Å². The van der Waals surface area contributed by atoms with Crippen molar-refractivity contribution in [2.75, 3.05) is 6.54 Å². The second kappa shape index (κ2) is 9.59. The summed E-state index contributed by atoms with van der Waals surface area (Å²) in [6.07, 6.45) is 0.286. The number of nitrogens with zero attached hydrogens (tertiary/aromatic N) is 1. The zero-order chi connectivity index (χ0) is 19.8. The van der Waals surface area contributed by atoms with Gasteiger partial charge in [0.15, 0.2) is 0 Å². The van der Waals surface area contributed by atoms with E-state index >= 15 is 0 Å². The number of nitrogens with two attached hydrogens (primary N) is 3. The molecule has 27 heavy (non-hydrogen) atoms. The first-order valence-electron chi connectivity index (χ1n) is 8.47. The van der Waals surface area contributed by atoms with Gasteiger partial charge in [-0.15, -0.1) is 0 Å². The third-order valence-electron chi connectivity index (χ3n) is 3.90. The van der Waals surface area contributed by atoms with Crippen LogP contribution in [0.3, 0.4) is 0 Å². The summed E-state index contributed by atoms with van der Waals surface area (Å²) in [6.45, 7) is 1.75. The minimum atomic E-state index is 0.0264. The lowest BCUT2D eigenvalue weighted by Gasteiger charge is -2.14. The second-order valence-electron chi connectivity index (χ2n) is 5.97. The molecule has 0 radical (unpaired) electrons. The molecule has 0 aliphatic rings. The van der Waals surface area contributed by atoms with Gasteiger partial charge in [0.05, 0.1) is 22.0 Å². The van der Waals surface area contributed by atoms with E-state index in [1.807, 2.05) is 60.7 Å². The number of amidine groups is 1. The summed E-state index contributed by atoms with van der Waals surface area (Å²) < 4.78 is 0. The number of benzene rings is 2. The average Bonchev–Trinajstić information content (AvgIpc) is 2.68. The van der Waals surface area contributed by atoms with Gasteiger partial charge in [-0.3, -0.25) is 9.79 Å². The predicted molar refractivity (Wildman–Crippen MR) is 113 cm³/mol. The maximum Gasteiger partial charge on any atom is 0.131 e. The van der Waals surface area contributed by atoms with Crippen LogP contribution in [-0.2, 0) is 4.79 Å². The molecule has 0 saturated carbocycles. The summed E-state index contributed by atoms with van der Waals surface area (Å²) in [5.41, 5.74) is 21.4. The normalized spacial score (nSPS) is 13.6. The Kier molecular flexibility index (Phi) is 7.20. The van der Waals surface area contributed by atoms with Gasteiger partial charge < -0.3 is 17.2 Å². The molecule has 0 bridgehead atoms. The van der Waals surface area contributed by atoms with Gasteiger partial charge in [-0.1, -0.05) is 72.3 Å². The molecule has 0 fully saturated rings. The third-order valence-corrected chi connectivity index (χ3v) is 4.29. The summed E-state index contributed by atoms with van der Waals surface area (Å²) in [7, 11) is 0. The number of halogens is 1. The first-order valence-corrected chi connectivity index (χ1v) is 8.85. The van der Waals surface area contributed by atoms with Crippen LogP contribution in [0, 0.1) is 0 Å². The Bertz CT molecular complexity index is 887. The van der Waals surface area contributed by atoms with Crippen molar-refractivity contribution in [3.8, 4) is 0 Å². The van der Waals surface area contributed by atoms with E-state index in [1.165, 1.54) is 6.92 Å². The molecule has 0 saturated heterocycles. The molecule has 0 heterocycles. The largest absolute Gasteiger partial charge is 0.398 e. The SMILES string of the molecule is CC(=O)CCN=C(N)C(=C(N)c1ccccc1)/C(Cl)=C(\N)c1ccccc1. The second-order valence-corrected chi connectivity index (χ2v) is 6.35. The molecule has 140 valence electrons. The Morgan fingerprint density at radius 2 is 1.37 bits per heavy atom. The number of hydrogen-bond acceptors (Lipinski definition) is 4. The van der Waals surface area contributed by atoms with Crippen LogP contribution in [0.25, 0.3) is 11.4 Å². The average molecular weight is 383 g/mol. The van der Waals surface area contributed by atoms with Crippen molar-refractivity contribution in [1.82, 2.24) is 0 Å². The number of Topliss-reactive ketones (excluding diaryl/α,β-unsaturated/α-hetero) is 1. The summed E-state index contributed by atoms with van der Waals surface area (Å²) in [4.78, 5) is 15.4. The maximum absolute atomic E-state index is 11.2. The zero-order valence-corrected chi connectivity index (χ0v) is 15.9. The van der Waals surface area contributed by atoms with Crippen LogP contribution in [0.4, 0.5) is 0 Å². The van der Waals surface area contributed by atoms with Gasteiger partial charge in [-0.05, 0) is 18.1 Å². The van der Waals surface area contributed by atoms with Crippen LogP contribution < -0.4 is 17.2 Å². The summed E-state index contributed by atoms with van der Waals surface area (Å²) >= 11 is 6.60. The summed E-state index contributed by atoms with van der Waals surface area (Å²) in [5, 5.41) is 0.214. The monoisotopic (exact) mass is 382 g/mol. The highest BCUT2D eigenvalue weighted by Gasteiger charge is 2.18. The zero-order valence-electron chi connectivity index (χ0n) is 15.2. The molecule has 6 heteroatoms. The van der Waals surface area contributed by atoms with Gasteiger partial charge in [-0.25, -0.2) is 0 Å². The Morgan fingerprint density at radius 1 is 0.889 bits per heavy atom. The van der Waals surface area contributed by atoms with E-state index in [1.54, 1.807) is 0 Å². The van der Waals surface area contributed by atoms with Gasteiger partial charge in [0.2, 0.25) is 0 Å². The molecule has 0 aliphatic carbocycles. The number of aliphatic imine (C=N–C) groups is 1. The van der Waals surface area contributed by atoms with Gasteiger partial charge in [0.25, 0.3) is 0 Å². The number of hydrogen-bond donors (Lipinski definition) is 3. The van der Waals surface area contributed by atoms with Crippen LogP contribution in [0.2, 0.25) is 0 Å². The standard InChI is InChI=1S/C21H23ClN4O/c1-14(27)12-13-26-21(25)17(19(23)15-8-4-2-5-9-15)18(22)20(24)16-10-6-3-7-11-16/h2-11H,12-13,23-24H2,1H3,(H2,25,26)/b19-17?,20-18+. The summed E-state index contributed by atoms with van der Waals surface area (Å²) in [5.74, 6) is 0.167. The van der Waals surface area contributed by atoms with Gasteiger partial charge in [-0.2, -0.15) is 0 Å². The molecule has 2 aromatic carbocycles. The molecule has 0 spiro atoms. The van der Waals surface area contributed by atoms with E-state index in [0.29, 0.717) is 17.0 Å². The molecular weight excluding hydrogens is 360 g/mol. The molecule has 0 amide bonds. The lowest BCUT2D eigenvalue weighted by molar-refractivity contribution is -0.116. The molecule has 0 aliphatic heterocycles. The van der Waals surface area contributed by atoms with Crippen molar-refractivity contribution in [3.05, 3.63) is 82.4 Å². The van der Waals surface area contributed by atoms with E-state index < -0.39 is 0 Å². The first-order chi connectivity index (χ1) is 12.9. The molecular formula is C21H23ClN4O. The number of carbonyl (C=O) groups is 1. The Morgan fingerprint density at radius 3 is 1.85 bits per heavy atom. The van der Waals surface area contributed by atoms with Crippen molar-refractivity contribution in [2.24, 2.45) is 22.2 Å². The van der Waals surface area contributed by atoms with Crippen LogP contribution in [0.15, 0.2) is 76.3 Å². The molecule has 0 atom stereocenters. The van der Waals surface area contributed by atoms with Crippen molar-refractivity contribution in [1.29, 1.82) is 0 Å². The topological polar surface area (TPSA) is 107 Å². The first kappa shape index (κ1) is 20.3. The fourth-order valence-corrected chi connectivity index (χ4v) is 2.73. The van der Waals surface area contributed by atoms with E-state index in [9.17, 15) is 4.79 Å². The van der Waals surface area contributed by atoms with Crippen molar-refractivity contribution in [2.45, 2.75) is 13.3 Å². The highest BCUT2D eigenvalue weighted by molar-refractivity contribution is 6.39. The Balaban J connectivity index is 2.58. The number of rotatable bonds is 7. The van der Waals surface area contributed by atoms with Crippen molar-refractivity contribution < 1.29 is 4.79 Å².